The minimum atomic E-state index is -0.989. The zero-order valence-corrected chi connectivity index (χ0v) is 26.5. The van der Waals surface area contributed by atoms with Gasteiger partial charge in [0.1, 0.15) is 0 Å². The number of nitrogens with zero attached hydrogens (tertiary/aromatic N) is 5. The first-order valence-electron chi connectivity index (χ1n) is 15.6. The number of fused-ring (bicyclic) bond motifs is 1. The number of carboxylic acid groups (broad SMARTS) is 1. The van der Waals surface area contributed by atoms with Crippen LogP contribution in [0, 0.1) is 24.5 Å². The first-order valence-corrected chi connectivity index (χ1v) is 15.6. The number of nitrogens with one attached hydrogen (secondary N) is 3. The van der Waals surface area contributed by atoms with Crippen LogP contribution in [0.5, 0.6) is 0 Å². The van der Waals surface area contributed by atoms with Gasteiger partial charge in [0.25, 0.3) is 5.91 Å². The quantitative estimate of drug-likeness (QED) is 0.151. The highest BCUT2D eigenvalue weighted by molar-refractivity contribution is 5.96. The fourth-order valence-corrected chi connectivity index (χ4v) is 6.37. The number of likely N-dealkylation sites (N-methyl/N-ethyl adjacent to an activating group) is 1. The van der Waals surface area contributed by atoms with Gasteiger partial charge < -0.3 is 20.2 Å². The first-order chi connectivity index (χ1) is 22.6. The minimum Gasteiger partial charge on any atom is -0.477 e. The standard InChI is InChI=1S/C34H36F2N8O3/c1-4-22-15-23(5-6-24(22)34(47)39-16-21-9-13-44(3,14-10-21)19-29(45)46)41-32-33-38-18-28(43(33)12-11-37-32)26-8-7-25(30(35)31(26)36)27-17-40-42-20(27)2/h5-8,11-12,15,17-18,21H,4,9-10,13-14,16,19H2,1-3H3,(H3-,37,39,40,41,42,45,46,47)/p+1. The summed E-state index contributed by atoms with van der Waals surface area (Å²) in [6.45, 7) is 5.92. The summed E-state index contributed by atoms with van der Waals surface area (Å²) in [5, 5.41) is 22.2. The number of anilines is 2. The zero-order chi connectivity index (χ0) is 33.3. The molecule has 0 spiro atoms. The summed E-state index contributed by atoms with van der Waals surface area (Å²) in [7, 11) is 1.97. The van der Waals surface area contributed by atoms with E-state index >= 15 is 8.78 Å². The van der Waals surface area contributed by atoms with Crippen molar-refractivity contribution in [3.8, 4) is 22.4 Å². The number of hydrogen-bond acceptors (Lipinski definition) is 6. The Kier molecular flexibility index (Phi) is 8.74. The van der Waals surface area contributed by atoms with E-state index in [1.54, 1.807) is 35.9 Å². The number of imidazole rings is 1. The van der Waals surface area contributed by atoms with E-state index in [-0.39, 0.29) is 23.6 Å². The monoisotopic (exact) mass is 643 g/mol. The fraction of sp³-hybridized carbons (Fsp3) is 0.324. The SMILES string of the molecule is CCc1cc(Nc2nccn3c(-c4ccc(-c5cn[nH]c5C)c(F)c4F)cnc23)ccc1C(=O)NCC1CC[N+](C)(CC(=O)O)CC1. The second kappa shape index (κ2) is 12.9. The highest BCUT2D eigenvalue weighted by Crippen LogP contribution is 2.33. The number of carboxylic acids is 1. The number of aryl methyl sites for hydroxylation is 2. The van der Waals surface area contributed by atoms with Crippen LogP contribution in [0.3, 0.4) is 0 Å². The topological polar surface area (TPSA) is 137 Å². The van der Waals surface area contributed by atoms with Gasteiger partial charge >= 0.3 is 5.97 Å². The predicted molar refractivity (Wildman–Crippen MR) is 173 cm³/mol. The van der Waals surface area contributed by atoms with Gasteiger partial charge in [-0.15, -0.1) is 0 Å². The number of rotatable bonds is 10. The van der Waals surface area contributed by atoms with E-state index in [0.717, 1.165) is 31.5 Å². The number of carbonyl (C=O) groups excluding carboxylic acids is 1. The molecule has 0 saturated carbocycles. The summed E-state index contributed by atoms with van der Waals surface area (Å²) in [6, 6.07) is 8.52. The molecule has 0 atom stereocenters. The van der Waals surface area contributed by atoms with Crippen LogP contribution in [0.4, 0.5) is 20.3 Å². The molecule has 0 aliphatic carbocycles. The first kappa shape index (κ1) is 31.8. The maximum Gasteiger partial charge on any atom is 0.359 e. The maximum atomic E-state index is 15.4. The number of aliphatic carboxylic acids is 1. The molecule has 47 heavy (non-hydrogen) atoms. The number of aromatic amines is 1. The van der Waals surface area contributed by atoms with Crippen molar-refractivity contribution in [2.45, 2.75) is 33.1 Å². The van der Waals surface area contributed by atoms with Crippen molar-refractivity contribution in [2.24, 2.45) is 5.92 Å². The van der Waals surface area contributed by atoms with Crippen LogP contribution in [0.2, 0.25) is 0 Å². The molecule has 0 unspecified atom stereocenters. The van der Waals surface area contributed by atoms with Crippen LogP contribution < -0.4 is 10.6 Å². The van der Waals surface area contributed by atoms with Gasteiger partial charge in [-0.1, -0.05) is 13.0 Å². The molecular weight excluding hydrogens is 606 g/mol. The minimum absolute atomic E-state index is 0.0576. The summed E-state index contributed by atoms with van der Waals surface area (Å²) in [6.07, 6.45) is 8.47. The van der Waals surface area contributed by atoms with Crippen molar-refractivity contribution in [3.63, 3.8) is 0 Å². The van der Waals surface area contributed by atoms with Gasteiger partial charge in [-0.3, -0.25) is 14.3 Å². The van der Waals surface area contributed by atoms with E-state index in [4.69, 9.17) is 0 Å². The number of quaternary nitrogens is 1. The summed E-state index contributed by atoms with van der Waals surface area (Å²) in [4.78, 5) is 33.3. The normalized spacial score (nSPS) is 17.9. The Labute approximate surface area is 270 Å². The van der Waals surface area contributed by atoms with Crippen molar-refractivity contribution in [2.75, 3.05) is 38.5 Å². The molecule has 13 heteroatoms. The molecule has 1 aliphatic rings. The summed E-state index contributed by atoms with van der Waals surface area (Å²) < 4.78 is 32.8. The maximum absolute atomic E-state index is 15.4. The van der Waals surface area contributed by atoms with Crippen LogP contribution >= 0.6 is 0 Å². The van der Waals surface area contributed by atoms with Crippen molar-refractivity contribution in [1.82, 2.24) is 29.9 Å². The van der Waals surface area contributed by atoms with E-state index in [9.17, 15) is 14.7 Å². The zero-order valence-electron chi connectivity index (χ0n) is 26.5. The van der Waals surface area contributed by atoms with Crippen molar-refractivity contribution < 1.29 is 28.0 Å². The molecule has 4 heterocycles. The third kappa shape index (κ3) is 6.43. The van der Waals surface area contributed by atoms with Gasteiger partial charge in [0.2, 0.25) is 0 Å². The molecule has 244 valence electrons. The number of amides is 1. The molecule has 6 rings (SSSR count). The second-order valence-electron chi connectivity index (χ2n) is 12.4. The lowest BCUT2D eigenvalue weighted by molar-refractivity contribution is -0.908. The highest BCUT2D eigenvalue weighted by atomic mass is 19.2. The molecular formula is C34H37F2N8O3+. The number of likely N-dealkylation sites (tertiary alicyclic amines) is 1. The largest absolute Gasteiger partial charge is 0.477 e. The Morgan fingerprint density at radius 3 is 2.51 bits per heavy atom. The van der Waals surface area contributed by atoms with Crippen LogP contribution in [-0.2, 0) is 11.2 Å². The molecule has 1 aliphatic heterocycles. The number of aromatic nitrogens is 5. The third-order valence-electron chi connectivity index (χ3n) is 9.12. The van der Waals surface area contributed by atoms with E-state index in [1.165, 1.54) is 24.5 Å². The number of halogens is 2. The van der Waals surface area contributed by atoms with Crippen molar-refractivity contribution in [1.29, 1.82) is 0 Å². The Morgan fingerprint density at radius 2 is 1.81 bits per heavy atom. The molecule has 4 N–H and O–H groups in total. The van der Waals surface area contributed by atoms with Gasteiger partial charge in [0.15, 0.2) is 29.6 Å². The number of H-pyrrole nitrogens is 1. The lowest BCUT2D eigenvalue weighted by Gasteiger charge is -2.39. The molecule has 0 bridgehead atoms. The van der Waals surface area contributed by atoms with E-state index in [0.29, 0.717) is 63.0 Å². The van der Waals surface area contributed by atoms with Gasteiger partial charge in [-0.25, -0.2) is 23.5 Å². The van der Waals surface area contributed by atoms with E-state index in [1.807, 2.05) is 20.0 Å². The molecule has 11 nitrogen and oxygen atoms in total. The number of hydrogen-bond donors (Lipinski definition) is 4. The van der Waals surface area contributed by atoms with E-state index in [2.05, 4.69) is 30.8 Å². The van der Waals surface area contributed by atoms with Crippen molar-refractivity contribution in [3.05, 3.63) is 83.6 Å². The highest BCUT2D eigenvalue weighted by Gasteiger charge is 2.32. The number of benzene rings is 2. The average Bonchev–Trinajstić information content (AvgIpc) is 3.68. The predicted octanol–water partition coefficient (Wildman–Crippen LogP) is 5.35. The van der Waals surface area contributed by atoms with Crippen molar-refractivity contribution >= 4 is 29.0 Å². The molecule has 3 aromatic heterocycles. The molecule has 5 aromatic rings. The Morgan fingerprint density at radius 1 is 1.06 bits per heavy atom. The van der Waals surface area contributed by atoms with Gasteiger partial charge in [-0.05, 0) is 49.1 Å². The molecule has 1 amide bonds. The van der Waals surface area contributed by atoms with Gasteiger partial charge in [0, 0.05) is 65.4 Å². The van der Waals surface area contributed by atoms with Crippen LogP contribution in [0.25, 0.3) is 28.0 Å². The summed E-state index contributed by atoms with van der Waals surface area (Å²) in [5.41, 5.74) is 4.21. The molecule has 0 radical (unpaired) electrons. The average molecular weight is 644 g/mol. The third-order valence-corrected chi connectivity index (χ3v) is 9.12. The molecule has 1 saturated heterocycles. The smallest absolute Gasteiger partial charge is 0.359 e. The van der Waals surface area contributed by atoms with Crippen LogP contribution in [0.15, 0.2) is 55.1 Å². The summed E-state index contributed by atoms with van der Waals surface area (Å²) >= 11 is 0. The molecule has 1 fully saturated rings. The van der Waals surface area contributed by atoms with Gasteiger partial charge in [-0.2, -0.15) is 5.10 Å². The Bertz CT molecular complexity index is 1960. The van der Waals surface area contributed by atoms with Crippen LogP contribution in [-0.4, -0.2) is 79.3 Å². The number of carbonyl (C=O) groups is 2. The fourth-order valence-electron chi connectivity index (χ4n) is 6.37. The van der Waals surface area contributed by atoms with Gasteiger partial charge in [0.05, 0.1) is 38.2 Å². The number of piperidine rings is 1. The lowest BCUT2D eigenvalue weighted by atomic mass is 9.95. The van der Waals surface area contributed by atoms with Crippen LogP contribution in [0.1, 0.15) is 41.4 Å². The lowest BCUT2D eigenvalue weighted by Crippen LogP contribution is -2.53. The Hall–Kier alpha value is -5.17. The summed E-state index contributed by atoms with van der Waals surface area (Å²) in [5.74, 6) is -2.18. The van der Waals surface area contributed by atoms with E-state index < -0.39 is 17.6 Å². The molecule has 2 aromatic carbocycles. The second-order valence-corrected chi connectivity index (χ2v) is 12.4. The Balaban J connectivity index is 1.17.